The van der Waals surface area contributed by atoms with Gasteiger partial charge < -0.3 is 20.2 Å². The van der Waals surface area contributed by atoms with Gasteiger partial charge in [0.25, 0.3) is 0 Å². The SMILES string of the molecule is CC1C=C([C@@H]2[C@@H](CCCC(O)c3ccc(F)cc3)CC(=S)N2c2ccccc2)C(O)=CC1c1cccc(O)c1. The normalized spacial score (nSPS) is 23.9. The minimum Gasteiger partial charge on any atom is -0.508 e. The molecule has 3 aromatic carbocycles. The number of aliphatic hydroxyl groups excluding tert-OH is 2. The van der Waals surface area contributed by atoms with E-state index < -0.39 is 6.10 Å². The number of rotatable bonds is 8. The molecule has 0 amide bonds. The number of halogens is 1. The number of allylic oxidation sites excluding steroid dienone is 2. The zero-order chi connectivity index (χ0) is 27.5. The van der Waals surface area contributed by atoms with Gasteiger partial charge in [0.2, 0.25) is 0 Å². The van der Waals surface area contributed by atoms with Gasteiger partial charge in [0.05, 0.1) is 17.1 Å². The highest BCUT2D eigenvalue weighted by atomic mass is 32.1. The molecule has 1 aliphatic carbocycles. The Labute approximate surface area is 234 Å². The van der Waals surface area contributed by atoms with Crippen LogP contribution in [0.15, 0.2) is 102 Å². The van der Waals surface area contributed by atoms with Crippen molar-refractivity contribution in [3.05, 3.63) is 119 Å². The van der Waals surface area contributed by atoms with Gasteiger partial charge in [-0.25, -0.2) is 4.39 Å². The third kappa shape index (κ3) is 5.92. The number of phenols is 1. The summed E-state index contributed by atoms with van der Waals surface area (Å²) in [5, 5.41) is 32.1. The number of phenolic OH excluding ortho intramolecular Hbond substituents is 1. The van der Waals surface area contributed by atoms with E-state index in [0.29, 0.717) is 12.0 Å². The van der Waals surface area contributed by atoms with Crippen molar-refractivity contribution in [2.75, 3.05) is 4.90 Å². The summed E-state index contributed by atoms with van der Waals surface area (Å²) in [4.78, 5) is 3.01. The number of thiocarbonyl (C=S) groups is 1. The second-order valence-corrected chi connectivity index (χ2v) is 11.1. The molecule has 0 bridgehead atoms. The molecule has 5 atom stereocenters. The number of hydrogen-bond donors (Lipinski definition) is 3. The van der Waals surface area contributed by atoms with E-state index in [-0.39, 0.29) is 41.1 Å². The zero-order valence-electron chi connectivity index (χ0n) is 22.0. The third-order valence-corrected chi connectivity index (χ3v) is 8.35. The predicted octanol–water partition coefficient (Wildman–Crippen LogP) is 7.76. The molecule has 0 aromatic heterocycles. The highest BCUT2D eigenvalue weighted by molar-refractivity contribution is 7.80. The topological polar surface area (TPSA) is 63.9 Å². The van der Waals surface area contributed by atoms with Gasteiger partial charge in [0, 0.05) is 23.6 Å². The Hall–Kier alpha value is -3.48. The van der Waals surface area contributed by atoms with Crippen molar-refractivity contribution in [2.45, 2.75) is 50.7 Å². The van der Waals surface area contributed by atoms with Crippen molar-refractivity contribution >= 4 is 22.9 Å². The van der Waals surface area contributed by atoms with Crippen molar-refractivity contribution < 1.29 is 19.7 Å². The number of nitrogens with zero attached hydrogens (tertiary/aromatic N) is 1. The van der Waals surface area contributed by atoms with E-state index in [9.17, 15) is 19.7 Å². The van der Waals surface area contributed by atoms with Crippen LogP contribution in [0.1, 0.15) is 55.8 Å². The molecular formula is C33H34FNO3S. The van der Waals surface area contributed by atoms with Crippen LogP contribution in [0.2, 0.25) is 0 Å². The lowest BCUT2D eigenvalue weighted by atomic mass is 9.77. The van der Waals surface area contributed by atoms with Crippen molar-refractivity contribution in [3.63, 3.8) is 0 Å². The third-order valence-electron chi connectivity index (χ3n) is 7.99. The van der Waals surface area contributed by atoms with E-state index >= 15 is 0 Å². The average molecular weight is 544 g/mol. The van der Waals surface area contributed by atoms with E-state index in [0.717, 1.165) is 41.1 Å². The number of aromatic hydroxyl groups is 1. The first-order valence-corrected chi connectivity index (χ1v) is 13.9. The van der Waals surface area contributed by atoms with Crippen molar-refractivity contribution in [1.29, 1.82) is 0 Å². The van der Waals surface area contributed by atoms with Gasteiger partial charge in [-0.2, -0.15) is 0 Å². The summed E-state index contributed by atoms with van der Waals surface area (Å²) >= 11 is 5.90. The van der Waals surface area contributed by atoms with Gasteiger partial charge in [-0.15, -0.1) is 0 Å². The quantitative estimate of drug-likeness (QED) is 0.254. The molecule has 0 saturated carbocycles. The van der Waals surface area contributed by atoms with Gasteiger partial charge in [-0.3, -0.25) is 0 Å². The molecule has 3 unspecified atom stereocenters. The van der Waals surface area contributed by atoms with Gasteiger partial charge in [-0.1, -0.05) is 74.1 Å². The first-order chi connectivity index (χ1) is 18.8. The van der Waals surface area contributed by atoms with Gasteiger partial charge in [0.1, 0.15) is 17.3 Å². The Bertz CT molecular complexity index is 1370. The number of aliphatic hydroxyl groups is 2. The van der Waals surface area contributed by atoms with Crippen LogP contribution in [0.5, 0.6) is 5.75 Å². The maximum atomic E-state index is 13.3. The number of para-hydroxylation sites is 1. The lowest BCUT2D eigenvalue weighted by Gasteiger charge is -2.35. The van der Waals surface area contributed by atoms with E-state index in [1.54, 1.807) is 24.3 Å². The standard InChI is InChI=1S/C33H34FNO3S/c1-21-17-29(31(38)20-28(21)23-7-5-11-27(36)18-23)33-24(19-32(39)35(33)26-9-3-2-4-10-26)8-6-12-30(37)22-13-15-25(34)16-14-22/h2-5,7,9-11,13-18,20-21,24,28,30,33,36-38H,6,8,12,19H2,1H3/t21?,24-,28?,30?,33-/m0/s1. The highest BCUT2D eigenvalue weighted by Crippen LogP contribution is 2.44. The summed E-state index contributed by atoms with van der Waals surface area (Å²) in [5.41, 5.74) is 3.53. The van der Waals surface area contributed by atoms with E-state index in [1.165, 1.54) is 12.1 Å². The largest absolute Gasteiger partial charge is 0.508 e. The summed E-state index contributed by atoms with van der Waals surface area (Å²) in [6, 6.07) is 23.1. The van der Waals surface area contributed by atoms with Crippen LogP contribution in [0.4, 0.5) is 10.1 Å². The van der Waals surface area contributed by atoms with E-state index in [2.05, 4.69) is 17.9 Å². The number of anilines is 1. The monoisotopic (exact) mass is 543 g/mol. The molecule has 0 spiro atoms. The predicted molar refractivity (Wildman–Crippen MR) is 157 cm³/mol. The lowest BCUT2D eigenvalue weighted by molar-refractivity contribution is 0.161. The van der Waals surface area contributed by atoms with Crippen LogP contribution in [-0.2, 0) is 0 Å². The van der Waals surface area contributed by atoms with Crippen LogP contribution in [0, 0.1) is 17.7 Å². The van der Waals surface area contributed by atoms with Crippen LogP contribution in [-0.4, -0.2) is 26.3 Å². The number of hydrogen-bond acceptors (Lipinski definition) is 4. The van der Waals surface area contributed by atoms with E-state index in [4.69, 9.17) is 12.2 Å². The summed E-state index contributed by atoms with van der Waals surface area (Å²) in [7, 11) is 0. The minimum atomic E-state index is -0.659. The van der Waals surface area contributed by atoms with Crippen LogP contribution in [0.25, 0.3) is 0 Å². The molecule has 1 aliphatic heterocycles. The molecule has 5 rings (SSSR count). The Morgan fingerprint density at radius 2 is 1.72 bits per heavy atom. The second kappa shape index (κ2) is 11.7. The van der Waals surface area contributed by atoms with Crippen LogP contribution >= 0.6 is 12.2 Å². The molecule has 0 radical (unpaired) electrons. The summed E-state index contributed by atoms with van der Waals surface area (Å²) in [5.74, 6) is 0.344. The molecule has 4 nitrogen and oxygen atoms in total. The Balaban J connectivity index is 1.39. The second-order valence-electron chi connectivity index (χ2n) is 10.7. The molecule has 39 heavy (non-hydrogen) atoms. The zero-order valence-corrected chi connectivity index (χ0v) is 22.8. The van der Waals surface area contributed by atoms with Crippen molar-refractivity contribution in [3.8, 4) is 5.75 Å². The molecule has 202 valence electrons. The van der Waals surface area contributed by atoms with Crippen molar-refractivity contribution in [2.24, 2.45) is 11.8 Å². The Kier molecular flexibility index (Phi) is 8.15. The molecule has 1 fully saturated rings. The van der Waals surface area contributed by atoms with Gasteiger partial charge >= 0.3 is 0 Å². The van der Waals surface area contributed by atoms with Crippen molar-refractivity contribution in [1.82, 2.24) is 0 Å². The highest BCUT2D eigenvalue weighted by Gasteiger charge is 2.42. The summed E-state index contributed by atoms with van der Waals surface area (Å²) in [6.45, 7) is 2.13. The molecule has 2 aliphatic rings. The fourth-order valence-corrected chi connectivity index (χ4v) is 6.48. The van der Waals surface area contributed by atoms with Gasteiger partial charge in [-0.05, 0) is 78.3 Å². The Morgan fingerprint density at radius 1 is 0.974 bits per heavy atom. The summed E-state index contributed by atoms with van der Waals surface area (Å²) < 4.78 is 13.3. The maximum absolute atomic E-state index is 13.3. The molecule has 1 heterocycles. The first kappa shape index (κ1) is 27.1. The summed E-state index contributed by atoms with van der Waals surface area (Å²) in [6.07, 6.45) is 6.26. The van der Waals surface area contributed by atoms with E-state index in [1.807, 2.05) is 48.5 Å². The molecule has 3 aromatic rings. The minimum absolute atomic E-state index is 0.0521. The van der Waals surface area contributed by atoms with Crippen LogP contribution in [0.3, 0.4) is 0 Å². The molecule has 6 heteroatoms. The molecule has 3 N–H and O–H groups in total. The molecular weight excluding hydrogens is 509 g/mol. The first-order valence-electron chi connectivity index (χ1n) is 13.5. The van der Waals surface area contributed by atoms with Crippen LogP contribution < -0.4 is 4.90 Å². The van der Waals surface area contributed by atoms with Gasteiger partial charge in [0.15, 0.2) is 0 Å². The number of benzene rings is 3. The fraction of sp³-hybridized carbons (Fsp3) is 0.303. The fourth-order valence-electron chi connectivity index (χ4n) is 6.04. The average Bonchev–Trinajstić information content (AvgIpc) is 3.25. The lowest BCUT2D eigenvalue weighted by Crippen LogP contribution is -2.38. The molecule has 1 saturated heterocycles. The Morgan fingerprint density at radius 3 is 2.44 bits per heavy atom. The smallest absolute Gasteiger partial charge is 0.123 e. The maximum Gasteiger partial charge on any atom is 0.123 e.